The van der Waals surface area contributed by atoms with Crippen LogP contribution in [0.3, 0.4) is 0 Å². The number of H-pyrrole nitrogens is 1. The van der Waals surface area contributed by atoms with Crippen LogP contribution in [0.5, 0.6) is 0 Å². The Morgan fingerprint density at radius 1 is 1.53 bits per heavy atom. The Hall–Kier alpha value is -2.44. The summed E-state index contributed by atoms with van der Waals surface area (Å²) in [4.78, 5) is 19.8. The summed E-state index contributed by atoms with van der Waals surface area (Å²) >= 11 is 0. The van der Waals surface area contributed by atoms with Gasteiger partial charge in [-0.3, -0.25) is 14.9 Å². The third-order valence-electron chi connectivity index (χ3n) is 2.23. The first kappa shape index (κ1) is 11.1. The zero-order valence-corrected chi connectivity index (χ0v) is 9.27. The number of hydrogen-bond donors (Lipinski definition) is 3. The minimum atomic E-state index is -0.237. The third-order valence-corrected chi connectivity index (χ3v) is 2.23. The molecular formula is C10H12N6O. The Labute approximate surface area is 97.5 Å². The van der Waals surface area contributed by atoms with E-state index in [-0.39, 0.29) is 12.5 Å². The lowest BCUT2D eigenvalue weighted by Gasteiger charge is -2.06. The number of rotatable bonds is 3. The number of amides is 1. The summed E-state index contributed by atoms with van der Waals surface area (Å²) in [6.45, 7) is 2.04. The number of nitrogens with two attached hydrogens (primary N) is 1. The van der Waals surface area contributed by atoms with E-state index in [4.69, 9.17) is 5.73 Å². The van der Waals surface area contributed by atoms with Crippen LogP contribution in [-0.4, -0.2) is 26.1 Å². The van der Waals surface area contributed by atoms with Crippen LogP contribution in [0.2, 0.25) is 0 Å². The van der Waals surface area contributed by atoms with Crippen molar-refractivity contribution >= 4 is 11.6 Å². The van der Waals surface area contributed by atoms with Gasteiger partial charge in [-0.15, -0.1) is 0 Å². The van der Waals surface area contributed by atoms with Crippen LogP contribution < -0.4 is 11.1 Å². The minimum absolute atomic E-state index is 0.237. The van der Waals surface area contributed by atoms with Crippen molar-refractivity contribution in [1.82, 2.24) is 25.5 Å². The number of anilines is 1. The summed E-state index contributed by atoms with van der Waals surface area (Å²) < 4.78 is 0. The number of pyridine rings is 1. The molecule has 0 radical (unpaired) electrons. The minimum Gasteiger partial charge on any atom is -0.397 e. The zero-order chi connectivity index (χ0) is 12.3. The van der Waals surface area contributed by atoms with Crippen molar-refractivity contribution in [3.05, 3.63) is 35.7 Å². The average Bonchev–Trinajstić information content (AvgIpc) is 2.82. The summed E-state index contributed by atoms with van der Waals surface area (Å²) in [6.07, 6.45) is 2.90. The average molecular weight is 232 g/mol. The SMILES string of the molecule is Cc1ncc(N)cc1C(=O)NCc1ncn[nH]1. The quantitative estimate of drug-likeness (QED) is 0.691. The summed E-state index contributed by atoms with van der Waals surface area (Å²) in [6, 6.07) is 1.60. The molecule has 7 nitrogen and oxygen atoms in total. The fourth-order valence-electron chi connectivity index (χ4n) is 1.35. The van der Waals surface area contributed by atoms with Crippen molar-refractivity contribution in [2.75, 3.05) is 5.73 Å². The van der Waals surface area contributed by atoms with E-state index in [2.05, 4.69) is 25.5 Å². The highest BCUT2D eigenvalue weighted by Crippen LogP contribution is 2.09. The number of carbonyl (C=O) groups excluding carboxylic acids is 1. The maximum absolute atomic E-state index is 11.8. The van der Waals surface area contributed by atoms with Crippen molar-refractivity contribution in [3.63, 3.8) is 0 Å². The Bertz CT molecular complexity index is 522. The van der Waals surface area contributed by atoms with Gasteiger partial charge in [0, 0.05) is 0 Å². The predicted molar refractivity (Wildman–Crippen MR) is 60.9 cm³/mol. The molecule has 0 bridgehead atoms. The second kappa shape index (κ2) is 4.60. The van der Waals surface area contributed by atoms with Crippen LogP contribution in [0.25, 0.3) is 0 Å². The summed E-state index contributed by atoms with van der Waals surface area (Å²) in [5.74, 6) is 0.353. The number of aromatic amines is 1. The molecule has 4 N–H and O–H groups in total. The first-order chi connectivity index (χ1) is 8.16. The van der Waals surface area contributed by atoms with Gasteiger partial charge in [-0.2, -0.15) is 5.10 Å². The van der Waals surface area contributed by atoms with Gasteiger partial charge in [0.25, 0.3) is 5.91 Å². The van der Waals surface area contributed by atoms with Gasteiger partial charge in [-0.1, -0.05) is 0 Å². The zero-order valence-electron chi connectivity index (χ0n) is 9.27. The summed E-state index contributed by atoms with van der Waals surface area (Å²) in [5.41, 5.74) is 7.14. The van der Waals surface area contributed by atoms with Gasteiger partial charge in [0.1, 0.15) is 12.2 Å². The first-order valence-electron chi connectivity index (χ1n) is 5.01. The van der Waals surface area contributed by atoms with Crippen molar-refractivity contribution in [3.8, 4) is 0 Å². The molecule has 2 rings (SSSR count). The molecule has 2 heterocycles. The van der Waals surface area contributed by atoms with E-state index in [1.807, 2.05) is 0 Å². The molecular weight excluding hydrogens is 220 g/mol. The van der Waals surface area contributed by atoms with Gasteiger partial charge in [0.2, 0.25) is 0 Å². The van der Waals surface area contributed by atoms with Crippen molar-refractivity contribution < 1.29 is 4.79 Å². The maximum atomic E-state index is 11.8. The van der Waals surface area contributed by atoms with Gasteiger partial charge in [0.05, 0.1) is 29.7 Å². The van der Waals surface area contributed by atoms with E-state index in [1.165, 1.54) is 12.5 Å². The van der Waals surface area contributed by atoms with E-state index < -0.39 is 0 Å². The molecule has 0 spiro atoms. The van der Waals surface area contributed by atoms with E-state index in [1.54, 1.807) is 13.0 Å². The standard InChI is InChI=1S/C10H12N6O/c1-6-8(2-7(11)3-12-6)10(17)13-4-9-14-5-15-16-9/h2-3,5H,4,11H2,1H3,(H,13,17)(H,14,15,16). The molecule has 0 fully saturated rings. The molecule has 88 valence electrons. The van der Waals surface area contributed by atoms with Crippen LogP contribution in [0.1, 0.15) is 21.9 Å². The van der Waals surface area contributed by atoms with Crippen LogP contribution in [-0.2, 0) is 6.54 Å². The second-order valence-electron chi connectivity index (χ2n) is 3.52. The molecule has 0 unspecified atom stereocenters. The summed E-state index contributed by atoms with van der Waals surface area (Å²) in [7, 11) is 0. The Kier molecular flexibility index (Phi) is 2.99. The van der Waals surface area contributed by atoms with Crippen molar-refractivity contribution in [2.24, 2.45) is 0 Å². The highest BCUT2D eigenvalue weighted by molar-refractivity contribution is 5.95. The largest absolute Gasteiger partial charge is 0.397 e. The lowest BCUT2D eigenvalue weighted by Crippen LogP contribution is -2.24. The number of nitrogens with zero attached hydrogens (tertiary/aromatic N) is 3. The predicted octanol–water partition coefficient (Wildman–Crippen LogP) is 0.0203. The molecule has 0 saturated carbocycles. The number of hydrogen-bond acceptors (Lipinski definition) is 5. The van der Waals surface area contributed by atoms with Gasteiger partial charge in [0.15, 0.2) is 0 Å². The van der Waals surface area contributed by atoms with E-state index in [0.29, 0.717) is 22.8 Å². The number of aryl methyl sites for hydroxylation is 1. The molecule has 2 aromatic rings. The molecule has 0 aromatic carbocycles. The van der Waals surface area contributed by atoms with Crippen molar-refractivity contribution in [2.45, 2.75) is 13.5 Å². The fraction of sp³-hybridized carbons (Fsp3) is 0.200. The normalized spacial score (nSPS) is 10.2. The fourth-order valence-corrected chi connectivity index (χ4v) is 1.35. The molecule has 0 aliphatic heterocycles. The van der Waals surface area contributed by atoms with Crippen LogP contribution in [0.4, 0.5) is 5.69 Å². The Balaban J connectivity index is 2.07. The van der Waals surface area contributed by atoms with Crippen LogP contribution in [0, 0.1) is 6.92 Å². The highest BCUT2D eigenvalue weighted by atomic mass is 16.1. The van der Waals surface area contributed by atoms with Crippen molar-refractivity contribution in [1.29, 1.82) is 0 Å². The number of carbonyl (C=O) groups is 1. The Morgan fingerprint density at radius 3 is 3.06 bits per heavy atom. The van der Waals surface area contributed by atoms with Gasteiger partial charge < -0.3 is 11.1 Å². The lowest BCUT2D eigenvalue weighted by molar-refractivity contribution is 0.0949. The molecule has 0 saturated heterocycles. The molecule has 2 aromatic heterocycles. The molecule has 0 aliphatic rings. The van der Waals surface area contributed by atoms with E-state index >= 15 is 0 Å². The van der Waals surface area contributed by atoms with Gasteiger partial charge in [-0.25, -0.2) is 4.98 Å². The Morgan fingerprint density at radius 2 is 2.35 bits per heavy atom. The molecule has 7 heteroatoms. The van der Waals surface area contributed by atoms with Gasteiger partial charge >= 0.3 is 0 Å². The van der Waals surface area contributed by atoms with E-state index in [9.17, 15) is 4.79 Å². The molecule has 0 aliphatic carbocycles. The number of nitrogen functional groups attached to an aromatic ring is 1. The topological polar surface area (TPSA) is 110 Å². The smallest absolute Gasteiger partial charge is 0.253 e. The van der Waals surface area contributed by atoms with Crippen LogP contribution >= 0.6 is 0 Å². The summed E-state index contributed by atoms with van der Waals surface area (Å²) in [5, 5.41) is 9.04. The molecule has 17 heavy (non-hydrogen) atoms. The number of aromatic nitrogens is 4. The van der Waals surface area contributed by atoms with Gasteiger partial charge in [-0.05, 0) is 13.0 Å². The first-order valence-corrected chi connectivity index (χ1v) is 5.01. The number of nitrogens with one attached hydrogen (secondary N) is 2. The lowest BCUT2D eigenvalue weighted by atomic mass is 10.2. The molecule has 0 atom stereocenters. The highest BCUT2D eigenvalue weighted by Gasteiger charge is 2.10. The van der Waals surface area contributed by atoms with Crippen LogP contribution in [0.15, 0.2) is 18.6 Å². The monoisotopic (exact) mass is 232 g/mol. The third kappa shape index (κ3) is 2.57. The van der Waals surface area contributed by atoms with E-state index in [0.717, 1.165) is 0 Å². The maximum Gasteiger partial charge on any atom is 0.253 e. The second-order valence-corrected chi connectivity index (χ2v) is 3.52. The molecule has 1 amide bonds.